The third-order valence-electron chi connectivity index (χ3n) is 2.67. The zero-order valence-electron chi connectivity index (χ0n) is 10.6. The van der Waals surface area contributed by atoms with Crippen LogP contribution in [0.4, 0.5) is 0 Å². The van der Waals surface area contributed by atoms with Crippen LogP contribution in [0.25, 0.3) is 10.9 Å². The first-order chi connectivity index (χ1) is 9.76. The first-order valence-electron chi connectivity index (χ1n) is 5.85. The summed E-state index contributed by atoms with van der Waals surface area (Å²) < 4.78 is 11.4. The van der Waals surface area contributed by atoms with Gasteiger partial charge in [-0.2, -0.15) is 4.98 Å². The predicted octanol–water partition coefficient (Wildman–Crippen LogP) is 3.59. The van der Waals surface area contributed by atoms with E-state index in [1.165, 1.54) is 7.11 Å². The van der Waals surface area contributed by atoms with E-state index in [4.69, 9.17) is 9.47 Å². The molecule has 2 heterocycles. The Balaban J connectivity index is 1.92. The van der Waals surface area contributed by atoms with Gasteiger partial charge in [0.15, 0.2) is 0 Å². The van der Waals surface area contributed by atoms with Crippen molar-refractivity contribution in [3.05, 3.63) is 47.2 Å². The molecule has 0 aliphatic carbocycles. The summed E-state index contributed by atoms with van der Waals surface area (Å²) >= 11 is 3.29. The van der Waals surface area contributed by atoms with Gasteiger partial charge >= 0.3 is 6.01 Å². The van der Waals surface area contributed by atoms with Crippen LogP contribution in [0.3, 0.4) is 0 Å². The normalized spacial score (nSPS) is 10.5. The van der Waals surface area contributed by atoms with Crippen molar-refractivity contribution in [2.24, 2.45) is 0 Å². The van der Waals surface area contributed by atoms with Gasteiger partial charge in [-0.3, -0.25) is 4.98 Å². The number of fused-ring (bicyclic) bond motifs is 1. The third kappa shape index (κ3) is 2.55. The highest BCUT2D eigenvalue weighted by atomic mass is 79.9. The van der Waals surface area contributed by atoms with Crippen LogP contribution >= 0.6 is 15.9 Å². The Morgan fingerprint density at radius 2 is 2.05 bits per heavy atom. The van der Waals surface area contributed by atoms with Crippen molar-refractivity contribution < 1.29 is 9.47 Å². The summed E-state index contributed by atoms with van der Waals surface area (Å²) in [6.07, 6.45) is 3.33. The number of nitrogens with zero attached hydrogens (tertiary/aromatic N) is 3. The van der Waals surface area contributed by atoms with Gasteiger partial charge in [0.25, 0.3) is 0 Å². The van der Waals surface area contributed by atoms with E-state index in [1.54, 1.807) is 12.4 Å². The summed E-state index contributed by atoms with van der Waals surface area (Å²) in [5, 5.41) is 1.05. The Morgan fingerprint density at radius 1 is 1.15 bits per heavy atom. The molecule has 1 aromatic carbocycles. The second-order valence-corrected chi connectivity index (χ2v) is 4.82. The highest BCUT2D eigenvalue weighted by molar-refractivity contribution is 9.10. The molecule has 3 aromatic rings. The van der Waals surface area contributed by atoms with Gasteiger partial charge in [0, 0.05) is 17.6 Å². The van der Waals surface area contributed by atoms with Crippen LogP contribution in [-0.4, -0.2) is 22.1 Å². The maximum atomic E-state index is 5.62. The standard InChI is InChI=1S/C14H10BrN3O2/c1-19-13-11(15)8-17-14(18-13)20-10-5-4-9-3-2-6-16-12(9)7-10/h2-8H,1H3. The van der Waals surface area contributed by atoms with Crippen LogP contribution < -0.4 is 9.47 Å². The molecule has 0 atom stereocenters. The minimum absolute atomic E-state index is 0.223. The average molecular weight is 332 g/mol. The van der Waals surface area contributed by atoms with Crippen LogP contribution in [0.5, 0.6) is 17.6 Å². The monoisotopic (exact) mass is 331 g/mol. The second-order valence-electron chi connectivity index (χ2n) is 3.97. The van der Waals surface area contributed by atoms with Crippen molar-refractivity contribution in [3.8, 4) is 17.6 Å². The number of hydrogen-bond donors (Lipinski definition) is 0. The van der Waals surface area contributed by atoms with Crippen LogP contribution in [0, 0.1) is 0 Å². The number of benzene rings is 1. The molecule has 0 radical (unpaired) electrons. The van der Waals surface area contributed by atoms with E-state index in [2.05, 4.69) is 30.9 Å². The molecule has 2 aromatic heterocycles. The van der Waals surface area contributed by atoms with Crippen molar-refractivity contribution in [2.75, 3.05) is 7.11 Å². The molecule has 0 amide bonds. The van der Waals surface area contributed by atoms with Gasteiger partial charge in [0.05, 0.1) is 23.3 Å². The molecular formula is C14H10BrN3O2. The van der Waals surface area contributed by atoms with Crippen molar-refractivity contribution in [1.82, 2.24) is 15.0 Å². The summed E-state index contributed by atoms with van der Waals surface area (Å²) in [7, 11) is 1.54. The van der Waals surface area contributed by atoms with E-state index >= 15 is 0 Å². The lowest BCUT2D eigenvalue weighted by Gasteiger charge is -2.06. The molecule has 0 aliphatic heterocycles. The molecule has 3 rings (SSSR count). The fraction of sp³-hybridized carbons (Fsp3) is 0.0714. The predicted molar refractivity (Wildman–Crippen MR) is 78.1 cm³/mol. The van der Waals surface area contributed by atoms with E-state index in [-0.39, 0.29) is 6.01 Å². The zero-order chi connectivity index (χ0) is 13.9. The van der Waals surface area contributed by atoms with Gasteiger partial charge in [-0.15, -0.1) is 0 Å². The maximum Gasteiger partial charge on any atom is 0.325 e. The van der Waals surface area contributed by atoms with Crippen molar-refractivity contribution >= 4 is 26.8 Å². The molecular weight excluding hydrogens is 322 g/mol. The number of aromatic nitrogens is 3. The molecule has 6 heteroatoms. The van der Waals surface area contributed by atoms with E-state index < -0.39 is 0 Å². The van der Waals surface area contributed by atoms with E-state index in [1.807, 2.05) is 30.3 Å². The molecule has 0 saturated heterocycles. The number of hydrogen-bond acceptors (Lipinski definition) is 5. The Labute approximate surface area is 123 Å². The molecule has 0 bridgehead atoms. The summed E-state index contributed by atoms with van der Waals surface area (Å²) in [5.74, 6) is 1.05. The van der Waals surface area contributed by atoms with Gasteiger partial charge in [0.2, 0.25) is 5.88 Å². The van der Waals surface area contributed by atoms with Gasteiger partial charge in [-0.1, -0.05) is 6.07 Å². The largest absolute Gasteiger partial charge is 0.480 e. The van der Waals surface area contributed by atoms with Crippen LogP contribution in [0.15, 0.2) is 47.2 Å². The Bertz CT molecular complexity index is 764. The molecule has 0 N–H and O–H groups in total. The topological polar surface area (TPSA) is 57.1 Å². The smallest absolute Gasteiger partial charge is 0.325 e. The molecule has 20 heavy (non-hydrogen) atoms. The van der Waals surface area contributed by atoms with Gasteiger partial charge < -0.3 is 9.47 Å². The van der Waals surface area contributed by atoms with E-state index in [9.17, 15) is 0 Å². The molecule has 0 unspecified atom stereocenters. The summed E-state index contributed by atoms with van der Waals surface area (Å²) in [6, 6.07) is 9.74. The van der Waals surface area contributed by atoms with E-state index in [0.29, 0.717) is 16.1 Å². The Kier molecular flexibility index (Phi) is 3.47. The van der Waals surface area contributed by atoms with Crippen LogP contribution in [-0.2, 0) is 0 Å². The molecule has 5 nitrogen and oxygen atoms in total. The number of halogens is 1. The van der Waals surface area contributed by atoms with Gasteiger partial charge in [-0.25, -0.2) is 4.98 Å². The quantitative estimate of drug-likeness (QED) is 0.734. The molecule has 0 fully saturated rings. The third-order valence-corrected chi connectivity index (χ3v) is 3.21. The SMILES string of the molecule is COc1nc(Oc2ccc3cccnc3c2)ncc1Br. The highest BCUT2D eigenvalue weighted by Gasteiger charge is 2.07. The van der Waals surface area contributed by atoms with Crippen molar-refractivity contribution in [2.45, 2.75) is 0 Å². The van der Waals surface area contributed by atoms with E-state index in [0.717, 1.165) is 10.9 Å². The van der Waals surface area contributed by atoms with Gasteiger partial charge in [0.1, 0.15) is 5.75 Å². The number of ether oxygens (including phenoxy) is 2. The lowest BCUT2D eigenvalue weighted by molar-refractivity contribution is 0.373. The lowest BCUT2D eigenvalue weighted by atomic mass is 10.2. The Morgan fingerprint density at radius 3 is 2.90 bits per heavy atom. The number of rotatable bonds is 3. The lowest BCUT2D eigenvalue weighted by Crippen LogP contribution is -1.95. The number of methoxy groups -OCH3 is 1. The zero-order valence-corrected chi connectivity index (χ0v) is 12.2. The van der Waals surface area contributed by atoms with Crippen molar-refractivity contribution in [3.63, 3.8) is 0 Å². The molecule has 0 saturated carbocycles. The molecule has 0 spiro atoms. The fourth-order valence-electron chi connectivity index (χ4n) is 1.74. The Hall–Kier alpha value is -2.21. The van der Waals surface area contributed by atoms with Crippen molar-refractivity contribution in [1.29, 1.82) is 0 Å². The number of pyridine rings is 1. The first kappa shape index (κ1) is 12.8. The summed E-state index contributed by atoms with van der Waals surface area (Å²) in [6.45, 7) is 0. The highest BCUT2D eigenvalue weighted by Crippen LogP contribution is 2.26. The first-order valence-corrected chi connectivity index (χ1v) is 6.65. The van der Waals surface area contributed by atoms with Gasteiger partial charge in [-0.05, 0) is 34.1 Å². The average Bonchev–Trinajstić information content (AvgIpc) is 2.49. The summed E-state index contributed by atoms with van der Waals surface area (Å²) in [5.41, 5.74) is 0.856. The van der Waals surface area contributed by atoms with Crippen LogP contribution in [0.2, 0.25) is 0 Å². The minimum Gasteiger partial charge on any atom is -0.480 e. The molecule has 0 aliphatic rings. The summed E-state index contributed by atoms with van der Waals surface area (Å²) in [4.78, 5) is 12.5. The fourth-order valence-corrected chi connectivity index (χ4v) is 2.10. The minimum atomic E-state index is 0.223. The molecule has 100 valence electrons. The second kappa shape index (κ2) is 5.42. The van der Waals surface area contributed by atoms with Crippen LogP contribution in [0.1, 0.15) is 0 Å². The maximum absolute atomic E-state index is 5.62.